The van der Waals surface area contributed by atoms with E-state index in [1.807, 2.05) is 0 Å². The van der Waals surface area contributed by atoms with Crippen molar-refractivity contribution in [3.05, 3.63) is 63.5 Å². The second-order valence-electron chi connectivity index (χ2n) is 11.4. The number of rotatable bonds is 2. The molecule has 2 fully saturated rings. The molecule has 2 heterocycles. The van der Waals surface area contributed by atoms with Crippen molar-refractivity contribution in [1.82, 2.24) is 4.98 Å². The average molecular weight is 472 g/mol. The van der Waals surface area contributed by atoms with Gasteiger partial charge in [-0.25, -0.2) is 0 Å². The van der Waals surface area contributed by atoms with Crippen molar-refractivity contribution in [3.8, 4) is 0 Å². The van der Waals surface area contributed by atoms with E-state index < -0.39 is 29.5 Å². The van der Waals surface area contributed by atoms with Gasteiger partial charge in [0.2, 0.25) is 0 Å². The van der Waals surface area contributed by atoms with Gasteiger partial charge in [-0.15, -0.1) is 0 Å². The van der Waals surface area contributed by atoms with Gasteiger partial charge in [0.25, 0.3) is 0 Å². The first-order chi connectivity index (χ1) is 16.1. The molecule has 0 amide bonds. The van der Waals surface area contributed by atoms with Crippen LogP contribution in [0.5, 0.6) is 0 Å². The maximum absolute atomic E-state index is 13.2. The third-order valence-corrected chi connectivity index (χ3v) is 8.86. The van der Waals surface area contributed by atoms with Crippen LogP contribution in [0, 0.1) is 5.41 Å². The summed E-state index contributed by atoms with van der Waals surface area (Å²) in [5, 5.41) is 11.5. The number of alkyl halides is 3. The number of aromatic nitrogens is 1. The van der Waals surface area contributed by atoms with Gasteiger partial charge in [0.1, 0.15) is 6.10 Å². The van der Waals surface area contributed by atoms with Crippen molar-refractivity contribution in [1.29, 1.82) is 0 Å². The van der Waals surface area contributed by atoms with Crippen LogP contribution in [0.1, 0.15) is 123 Å². The number of aliphatic hydroxyl groups is 1. The third kappa shape index (κ3) is 3.28. The van der Waals surface area contributed by atoms with Crippen LogP contribution in [0.2, 0.25) is 0 Å². The fourth-order valence-electron chi connectivity index (χ4n) is 7.11. The van der Waals surface area contributed by atoms with Crippen molar-refractivity contribution in [2.24, 2.45) is 5.41 Å². The summed E-state index contributed by atoms with van der Waals surface area (Å²) in [4.78, 5) is 5.18. The summed E-state index contributed by atoms with van der Waals surface area (Å²) in [6, 6.07) is 5.39. The first-order valence-corrected chi connectivity index (χ1v) is 12.7. The van der Waals surface area contributed by atoms with Crippen molar-refractivity contribution in [2.45, 2.75) is 102 Å². The normalized spacial score (nSPS) is 26.7. The van der Waals surface area contributed by atoms with Gasteiger partial charge in [-0.3, -0.25) is 4.98 Å². The van der Waals surface area contributed by atoms with Gasteiger partial charge in [0.15, 0.2) is 0 Å². The molecule has 2 atom stereocenters. The van der Waals surface area contributed by atoms with E-state index in [4.69, 9.17) is 9.72 Å². The number of hydrogen-bond acceptors (Lipinski definition) is 3. The molecule has 6 heteroatoms. The number of halogens is 3. The van der Waals surface area contributed by atoms with Crippen LogP contribution >= 0.6 is 0 Å². The summed E-state index contributed by atoms with van der Waals surface area (Å²) in [7, 11) is 0. The summed E-state index contributed by atoms with van der Waals surface area (Å²) in [5.41, 5.74) is 4.86. The highest BCUT2D eigenvalue weighted by atomic mass is 19.4. The maximum atomic E-state index is 13.2. The molecule has 2 spiro atoms. The third-order valence-electron chi connectivity index (χ3n) is 8.86. The van der Waals surface area contributed by atoms with E-state index in [-0.39, 0.29) is 11.3 Å². The number of nitrogens with zero attached hydrogens (tertiary/aromatic N) is 1. The van der Waals surface area contributed by atoms with E-state index in [9.17, 15) is 18.3 Å². The zero-order chi connectivity index (χ0) is 23.9. The molecule has 1 aromatic heterocycles. The van der Waals surface area contributed by atoms with Crippen molar-refractivity contribution in [2.75, 3.05) is 0 Å². The minimum Gasteiger partial charge on any atom is -0.388 e. The predicted octanol–water partition coefficient (Wildman–Crippen LogP) is 7.26. The molecule has 3 aliphatic carbocycles. The molecule has 34 heavy (non-hydrogen) atoms. The Balaban J connectivity index is 1.54. The Labute approximate surface area is 198 Å². The molecule has 2 aromatic rings. The summed E-state index contributed by atoms with van der Waals surface area (Å²) >= 11 is 0. The van der Waals surface area contributed by atoms with Gasteiger partial charge in [-0.1, -0.05) is 45.2 Å². The zero-order valence-electron chi connectivity index (χ0n) is 19.8. The van der Waals surface area contributed by atoms with Crippen LogP contribution in [0.3, 0.4) is 0 Å². The predicted molar refractivity (Wildman–Crippen MR) is 122 cm³/mol. The lowest BCUT2D eigenvalue weighted by atomic mass is 9.59. The Morgan fingerprint density at radius 3 is 2.24 bits per heavy atom. The number of hydrogen-bond donors (Lipinski definition) is 1. The number of fused-ring (bicyclic) bond motifs is 4. The summed E-state index contributed by atoms with van der Waals surface area (Å²) in [5.74, 6) is 0.146. The molecular weight excluding hydrogens is 439 g/mol. The van der Waals surface area contributed by atoms with Crippen LogP contribution in [0.25, 0.3) is 0 Å². The summed E-state index contributed by atoms with van der Waals surface area (Å²) in [6.45, 7) is 4.24. The lowest BCUT2D eigenvalue weighted by Gasteiger charge is -2.47. The van der Waals surface area contributed by atoms with Gasteiger partial charge >= 0.3 is 6.18 Å². The highest BCUT2D eigenvalue weighted by Gasteiger charge is 2.54. The fraction of sp³-hybridized carbons (Fsp3) is 0.607. The number of pyridine rings is 1. The Kier molecular flexibility index (Phi) is 5.00. The van der Waals surface area contributed by atoms with Gasteiger partial charge in [0, 0.05) is 22.5 Å². The molecule has 0 bridgehead atoms. The molecule has 1 aromatic carbocycles. The number of aliphatic hydroxyl groups excluding tert-OH is 1. The highest BCUT2D eigenvalue weighted by molar-refractivity contribution is 5.54. The highest BCUT2D eigenvalue weighted by Crippen LogP contribution is 2.61. The molecule has 0 saturated heterocycles. The minimum absolute atomic E-state index is 0.146. The van der Waals surface area contributed by atoms with Crippen LogP contribution < -0.4 is 0 Å². The van der Waals surface area contributed by atoms with E-state index >= 15 is 0 Å². The summed E-state index contributed by atoms with van der Waals surface area (Å²) in [6.07, 6.45) is 3.66. The van der Waals surface area contributed by atoms with Crippen LogP contribution in [-0.2, 0) is 22.9 Å². The SMILES string of the molecule is CC(C)c1nc2c(c3c1[C@@H](c1ccc(C(F)(F)F)cc1)OC31CCCC1)[C@@H](O)CC1(CCC1)C2. The first-order valence-electron chi connectivity index (χ1n) is 12.7. The minimum atomic E-state index is -4.37. The smallest absolute Gasteiger partial charge is 0.388 e. The molecule has 0 unspecified atom stereocenters. The van der Waals surface area contributed by atoms with E-state index in [1.165, 1.54) is 6.42 Å². The molecule has 1 aliphatic heterocycles. The monoisotopic (exact) mass is 471 g/mol. The molecule has 2 saturated carbocycles. The van der Waals surface area contributed by atoms with Crippen molar-refractivity contribution in [3.63, 3.8) is 0 Å². The molecule has 182 valence electrons. The molecule has 0 radical (unpaired) electrons. The molecule has 1 N–H and O–H groups in total. The summed E-state index contributed by atoms with van der Waals surface area (Å²) < 4.78 is 46.5. The second-order valence-corrected chi connectivity index (χ2v) is 11.4. The van der Waals surface area contributed by atoms with E-state index in [0.29, 0.717) is 0 Å². The second kappa shape index (κ2) is 7.54. The van der Waals surface area contributed by atoms with Gasteiger partial charge in [-0.2, -0.15) is 13.2 Å². The average Bonchev–Trinajstić information content (AvgIpc) is 3.37. The Bertz CT molecular complexity index is 1110. The molecule has 4 aliphatic rings. The van der Waals surface area contributed by atoms with E-state index in [1.54, 1.807) is 12.1 Å². The van der Waals surface area contributed by atoms with E-state index in [2.05, 4.69) is 13.8 Å². The largest absolute Gasteiger partial charge is 0.416 e. The van der Waals surface area contributed by atoms with Crippen molar-refractivity contribution < 1.29 is 23.0 Å². The van der Waals surface area contributed by atoms with Gasteiger partial charge in [0.05, 0.1) is 17.3 Å². The van der Waals surface area contributed by atoms with Crippen LogP contribution in [-0.4, -0.2) is 10.1 Å². The Morgan fingerprint density at radius 1 is 1.00 bits per heavy atom. The van der Waals surface area contributed by atoms with Crippen molar-refractivity contribution >= 4 is 0 Å². The number of ether oxygens (including phenoxy) is 1. The standard InChI is InChI=1S/C28H32F3NO2/c1-16(2)24-22-23(21-19(32-24)14-26(10-5-11-26)15-20(21)33)27(12-3-4-13-27)34-25(22)17-6-8-18(9-7-17)28(29,30)31/h6-9,16,20,25,33H,3-5,10-15H2,1-2H3/t20-,25+/m0/s1. The maximum Gasteiger partial charge on any atom is 0.416 e. The Morgan fingerprint density at radius 2 is 1.68 bits per heavy atom. The van der Waals surface area contributed by atoms with Crippen LogP contribution in [0.15, 0.2) is 24.3 Å². The van der Waals surface area contributed by atoms with Gasteiger partial charge in [-0.05, 0) is 73.1 Å². The Hall–Kier alpha value is -1.92. The first kappa shape index (κ1) is 22.5. The fourth-order valence-corrected chi connectivity index (χ4v) is 7.11. The van der Waals surface area contributed by atoms with Gasteiger partial charge < -0.3 is 9.84 Å². The zero-order valence-corrected chi connectivity index (χ0v) is 19.8. The molecule has 6 rings (SSSR count). The quantitative estimate of drug-likeness (QED) is 0.501. The lowest BCUT2D eigenvalue weighted by Crippen LogP contribution is -2.39. The van der Waals surface area contributed by atoms with E-state index in [0.717, 1.165) is 97.1 Å². The van der Waals surface area contributed by atoms with Crippen LogP contribution in [0.4, 0.5) is 13.2 Å². The molecular formula is C28H32F3NO2. The number of benzene rings is 1. The lowest BCUT2D eigenvalue weighted by molar-refractivity contribution is -0.137. The molecule has 3 nitrogen and oxygen atoms in total. The topological polar surface area (TPSA) is 42.4 Å².